The number of nitrogens with one attached hydrogen (secondary N) is 1. The van der Waals surface area contributed by atoms with E-state index in [2.05, 4.69) is 15.3 Å². The van der Waals surface area contributed by atoms with Gasteiger partial charge in [0.2, 0.25) is 0 Å². The summed E-state index contributed by atoms with van der Waals surface area (Å²) in [6, 6.07) is 0. The van der Waals surface area contributed by atoms with Crippen LogP contribution in [0.5, 0.6) is 0 Å². The molecule has 2 rings (SSSR count). The highest BCUT2D eigenvalue weighted by molar-refractivity contribution is 5.92. The number of aromatic nitrogens is 2. The van der Waals surface area contributed by atoms with E-state index in [0.29, 0.717) is 5.69 Å². The Kier molecular flexibility index (Phi) is 3.91. The van der Waals surface area contributed by atoms with Crippen molar-refractivity contribution in [1.29, 1.82) is 0 Å². The molecule has 0 bridgehead atoms. The van der Waals surface area contributed by atoms with E-state index in [1.165, 1.54) is 12.6 Å². The van der Waals surface area contributed by atoms with Crippen molar-refractivity contribution in [3.8, 4) is 0 Å². The SMILES string of the molecule is Cc1cnc(C(=O)NC2(CO)CCCCC2)cn1. The summed E-state index contributed by atoms with van der Waals surface area (Å²) in [5.74, 6) is -0.251. The van der Waals surface area contributed by atoms with Gasteiger partial charge in [0.1, 0.15) is 5.69 Å². The van der Waals surface area contributed by atoms with Gasteiger partial charge in [-0.2, -0.15) is 0 Å². The molecule has 18 heavy (non-hydrogen) atoms. The Morgan fingerprint density at radius 2 is 2.06 bits per heavy atom. The van der Waals surface area contributed by atoms with Gasteiger partial charge in [-0.25, -0.2) is 4.98 Å². The molecular formula is C13H19N3O2. The van der Waals surface area contributed by atoms with Crippen molar-refractivity contribution < 1.29 is 9.90 Å². The monoisotopic (exact) mass is 249 g/mol. The second kappa shape index (κ2) is 5.44. The summed E-state index contributed by atoms with van der Waals surface area (Å²) in [6.45, 7) is 1.81. The number of carbonyl (C=O) groups is 1. The van der Waals surface area contributed by atoms with Gasteiger partial charge < -0.3 is 10.4 Å². The van der Waals surface area contributed by atoms with Crippen LogP contribution in [0.3, 0.4) is 0 Å². The second-order valence-corrected chi connectivity index (χ2v) is 5.00. The molecular weight excluding hydrogens is 230 g/mol. The molecule has 5 nitrogen and oxygen atoms in total. The number of carbonyl (C=O) groups excluding carboxylic acids is 1. The summed E-state index contributed by atoms with van der Waals surface area (Å²) in [5, 5.41) is 12.5. The van der Waals surface area contributed by atoms with Crippen molar-refractivity contribution in [2.24, 2.45) is 0 Å². The number of aliphatic hydroxyl groups is 1. The van der Waals surface area contributed by atoms with E-state index in [0.717, 1.165) is 31.4 Å². The summed E-state index contributed by atoms with van der Waals surface area (Å²) < 4.78 is 0. The molecule has 0 atom stereocenters. The van der Waals surface area contributed by atoms with Gasteiger partial charge in [0.15, 0.2) is 0 Å². The summed E-state index contributed by atoms with van der Waals surface area (Å²) in [4.78, 5) is 20.2. The molecule has 1 aliphatic rings. The number of hydrogen-bond acceptors (Lipinski definition) is 4. The fraction of sp³-hybridized carbons (Fsp3) is 0.615. The lowest BCUT2D eigenvalue weighted by Crippen LogP contribution is -2.52. The van der Waals surface area contributed by atoms with E-state index < -0.39 is 5.54 Å². The fourth-order valence-corrected chi connectivity index (χ4v) is 2.37. The second-order valence-electron chi connectivity index (χ2n) is 5.00. The Hall–Kier alpha value is -1.49. The van der Waals surface area contributed by atoms with Crippen LogP contribution in [-0.4, -0.2) is 33.1 Å². The lowest BCUT2D eigenvalue weighted by Gasteiger charge is -2.36. The zero-order valence-corrected chi connectivity index (χ0v) is 10.6. The zero-order chi connectivity index (χ0) is 13.0. The minimum Gasteiger partial charge on any atom is -0.394 e. The molecule has 0 aliphatic heterocycles. The van der Waals surface area contributed by atoms with Gasteiger partial charge in [0.25, 0.3) is 5.91 Å². The normalized spacial score (nSPS) is 18.3. The van der Waals surface area contributed by atoms with Crippen LogP contribution in [0.25, 0.3) is 0 Å². The maximum atomic E-state index is 12.1. The smallest absolute Gasteiger partial charge is 0.271 e. The van der Waals surface area contributed by atoms with Crippen molar-refractivity contribution in [3.63, 3.8) is 0 Å². The molecule has 5 heteroatoms. The third-order valence-electron chi connectivity index (χ3n) is 3.51. The Morgan fingerprint density at radius 3 is 2.61 bits per heavy atom. The van der Waals surface area contributed by atoms with Gasteiger partial charge in [-0.1, -0.05) is 19.3 Å². The molecule has 1 fully saturated rings. The molecule has 1 amide bonds. The van der Waals surface area contributed by atoms with Crippen LogP contribution in [0.1, 0.15) is 48.3 Å². The first kappa shape index (κ1) is 13.0. The fourth-order valence-electron chi connectivity index (χ4n) is 2.37. The van der Waals surface area contributed by atoms with Gasteiger partial charge in [-0.05, 0) is 19.8 Å². The number of aliphatic hydroxyl groups excluding tert-OH is 1. The Morgan fingerprint density at radius 1 is 1.33 bits per heavy atom. The largest absolute Gasteiger partial charge is 0.394 e. The number of rotatable bonds is 3. The van der Waals surface area contributed by atoms with Crippen molar-refractivity contribution in [2.45, 2.75) is 44.6 Å². The summed E-state index contributed by atoms with van der Waals surface area (Å²) in [6.07, 6.45) is 7.95. The molecule has 0 radical (unpaired) electrons. The van der Waals surface area contributed by atoms with E-state index in [1.807, 2.05) is 6.92 Å². The quantitative estimate of drug-likeness (QED) is 0.844. The van der Waals surface area contributed by atoms with Crippen molar-refractivity contribution in [2.75, 3.05) is 6.61 Å². The predicted octanol–water partition coefficient (Wildman–Crippen LogP) is 1.21. The maximum Gasteiger partial charge on any atom is 0.271 e. The van der Waals surface area contributed by atoms with E-state index in [1.54, 1.807) is 6.20 Å². The maximum absolute atomic E-state index is 12.1. The Labute approximate surface area is 107 Å². The van der Waals surface area contributed by atoms with Crippen molar-refractivity contribution >= 4 is 5.91 Å². The van der Waals surface area contributed by atoms with Crippen LogP contribution < -0.4 is 5.32 Å². The minimum absolute atomic E-state index is 0.0158. The average molecular weight is 249 g/mol. The summed E-state index contributed by atoms with van der Waals surface area (Å²) in [7, 11) is 0. The van der Waals surface area contributed by atoms with Crippen LogP contribution >= 0.6 is 0 Å². The van der Waals surface area contributed by atoms with Gasteiger partial charge in [0, 0.05) is 6.20 Å². The van der Waals surface area contributed by atoms with E-state index in [-0.39, 0.29) is 12.5 Å². The molecule has 2 N–H and O–H groups in total. The van der Waals surface area contributed by atoms with E-state index in [4.69, 9.17) is 0 Å². The molecule has 0 unspecified atom stereocenters. The van der Waals surface area contributed by atoms with E-state index in [9.17, 15) is 9.90 Å². The van der Waals surface area contributed by atoms with Crippen LogP contribution in [0.15, 0.2) is 12.4 Å². The first-order valence-corrected chi connectivity index (χ1v) is 6.37. The summed E-state index contributed by atoms with van der Waals surface area (Å²) >= 11 is 0. The molecule has 0 spiro atoms. The number of nitrogens with zero attached hydrogens (tertiary/aromatic N) is 2. The van der Waals surface area contributed by atoms with Crippen LogP contribution in [-0.2, 0) is 0 Å². The highest BCUT2D eigenvalue weighted by Gasteiger charge is 2.33. The molecule has 1 aliphatic carbocycles. The average Bonchev–Trinajstić information content (AvgIpc) is 2.40. The topological polar surface area (TPSA) is 75.1 Å². The van der Waals surface area contributed by atoms with Crippen LogP contribution in [0, 0.1) is 6.92 Å². The van der Waals surface area contributed by atoms with E-state index >= 15 is 0 Å². The van der Waals surface area contributed by atoms with Crippen LogP contribution in [0.4, 0.5) is 0 Å². The van der Waals surface area contributed by atoms with Crippen molar-refractivity contribution in [1.82, 2.24) is 15.3 Å². The molecule has 1 heterocycles. The Balaban J connectivity index is 2.07. The lowest BCUT2D eigenvalue weighted by atomic mass is 9.82. The predicted molar refractivity (Wildman–Crippen MR) is 67.1 cm³/mol. The lowest BCUT2D eigenvalue weighted by molar-refractivity contribution is 0.0753. The molecule has 98 valence electrons. The van der Waals surface area contributed by atoms with Gasteiger partial charge in [-0.15, -0.1) is 0 Å². The minimum atomic E-state index is -0.470. The molecule has 0 saturated heterocycles. The van der Waals surface area contributed by atoms with Gasteiger partial charge in [0.05, 0.1) is 24.0 Å². The number of aryl methyl sites for hydroxylation is 1. The number of amides is 1. The third kappa shape index (κ3) is 2.85. The molecule has 1 aromatic rings. The number of hydrogen-bond donors (Lipinski definition) is 2. The Bertz CT molecular complexity index is 411. The molecule has 1 aromatic heterocycles. The first-order valence-electron chi connectivity index (χ1n) is 6.37. The summed E-state index contributed by atoms with van der Waals surface area (Å²) in [5.41, 5.74) is 0.613. The first-order chi connectivity index (χ1) is 8.65. The van der Waals surface area contributed by atoms with Crippen molar-refractivity contribution in [3.05, 3.63) is 23.8 Å². The van der Waals surface area contributed by atoms with Gasteiger partial charge >= 0.3 is 0 Å². The zero-order valence-electron chi connectivity index (χ0n) is 10.6. The third-order valence-corrected chi connectivity index (χ3v) is 3.51. The highest BCUT2D eigenvalue weighted by Crippen LogP contribution is 2.27. The van der Waals surface area contributed by atoms with Crippen LogP contribution in [0.2, 0.25) is 0 Å². The highest BCUT2D eigenvalue weighted by atomic mass is 16.3. The van der Waals surface area contributed by atoms with Gasteiger partial charge in [-0.3, -0.25) is 9.78 Å². The molecule has 0 aromatic carbocycles. The molecule has 1 saturated carbocycles. The standard InChI is InChI=1S/C13H19N3O2/c1-10-7-15-11(8-14-10)12(18)16-13(9-17)5-3-2-4-6-13/h7-8,17H,2-6,9H2,1H3,(H,16,18).